The molecular formula is C14H14OS. The highest BCUT2D eigenvalue weighted by molar-refractivity contribution is 7.80. The van der Waals surface area contributed by atoms with E-state index in [0.717, 1.165) is 16.2 Å². The fourth-order valence-electron chi connectivity index (χ4n) is 1.47. The molecule has 0 N–H and O–H groups in total. The first-order valence-corrected chi connectivity index (χ1v) is 5.67. The van der Waals surface area contributed by atoms with E-state index in [2.05, 4.69) is 12.6 Å². The van der Waals surface area contributed by atoms with Gasteiger partial charge in [0.1, 0.15) is 12.4 Å². The van der Waals surface area contributed by atoms with Gasteiger partial charge in [-0.25, -0.2) is 0 Å². The lowest BCUT2D eigenvalue weighted by molar-refractivity contribution is 0.299. The highest BCUT2D eigenvalue weighted by Gasteiger charge is 2.00. The van der Waals surface area contributed by atoms with Crippen LogP contribution in [0.1, 0.15) is 11.1 Å². The Hall–Kier alpha value is -1.41. The summed E-state index contributed by atoms with van der Waals surface area (Å²) in [5.41, 5.74) is 2.35. The predicted octanol–water partition coefficient (Wildman–Crippen LogP) is 3.86. The van der Waals surface area contributed by atoms with Crippen LogP contribution < -0.4 is 4.74 Å². The predicted molar refractivity (Wildman–Crippen MR) is 69.2 cm³/mol. The van der Waals surface area contributed by atoms with E-state index in [-0.39, 0.29) is 0 Å². The Labute approximate surface area is 101 Å². The Morgan fingerprint density at radius 3 is 2.56 bits per heavy atom. The Kier molecular flexibility index (Phi) is 3.52. The molecule has 0 spiro atoms. The molecule has 0 aliphatic rings. The van der Waals surface area contributed by atoms with Crippen molar-refractivity contribution in [1.82, 2.24) is 0 Å². The minimum Gasteiger partial charge on any atom is -0.488 e. The Morgan fingerprint density at radius 2 is 1.81 bits per heavy atom. The van der Waals surface area contributed by atoms with Gasteiger partial charge in [0.2, 0.25) is 0 Å². The lowest BCUT2D eigenvalue weighted by atomic mass is 10.2. The van der Waals surface area contributed by atoms with E-state index in [1.807, 2.05) is 55.5 Å². The summed E-state index contributed by atoms with van der Waals surface area (Å²) >= 11 is 4.37. The second-order valence-electron chi connectivity index (χ2n) is 3.75. The number of benzene rings is 2. The molecule has 1 nitrogen and oxygen atoms in total. The average Bonchev–Trinajstić information content (AvgIpc) is 2.32. The molecule has 2 heteroatoms. The molecule has 0 amide bonds. The maximum atomic E-state index is 5.73. The molecule has 0 aromatic heterocycles. The third kappa shape index (κ3) is 2.80. The first kappa shape index (κ1) is 11.1. The second kappa shape index (κ2) is 5.08. The largest absolute Gasteiger partial charge is 0.488 e. The summed E-state index contributed by atoms with van der Waals surface area (Å²) in [6, 6.07) is 16.1. The number of rotatable bonds is 3. The van der Waals surface area contributed by atoms with Crippen LogP contribution in [0.3, 0.4) is 0 Å². The van der Waals surface area contributed by atoms with E-state index in [1.165, 1.54) is 5.56 Å². The number of thiol groups is 1. The Morgan fingerprint density at radius 1 is 1.06 bits per heavy atom. The van der Waals surface area contributed by atoms with Crippen molar-refractivity contribution < 1.29 is 4.74 Å². The minimum absolute atomic E-state index is 0.581. The standard InChI is InChI=1S/C14H14OS/c1-11-7-8-14(16)13(9-11)15-10-12-5-3-2-4-6-12/h2-9,16H,10H2,1H3. The Balaban J connectivity index is 2.08. The maximum absolute atomic E-state index is 5.73. The van der Waals surface area contributed by atoms with Crippen LogP contribution in [0.15, 0.2) is 53.4 Å². The molecule has 0 bridgehead atoms. The van der Waals surface area contributed by atoms with E-state index in [9.17, 15) is 0 Å². The van der Waals surface area contributed by atoms with Gasteiger partial charge in [0.25, 0.3) is 0 Å². The topological polar surface area (TPSA) is 9.23 Å². The van der Waals surface area contributed by atoms with Crippen LogP contribution >= 0.6 is 12.6 Å². The smallest absolute Gasteiger partial charge is 0.133 e. The molecule has 0 aliphatic heterocycles. The van der Waals surface area contributed by atoms with Gasteiger partial charge >= 0.3 is 0 Å². The van der Waals surface area contributed by atoms with Crippen molar-refractivity contribution in [1.29, 1.82) is 0 Å². The van der Waals surface area contributed by atoms with Crippen LogP contribution in [0.25, 0.3) is 0 Å². The molecule has 0 aliphatic carbocycles. The van der Waals surface area contributed by atoms with Gasteiger partial charge in [0.15, 0.2) is 0 Å². The van der Waals surface area contributed by atoms with Gasteiger partial charge in [0, 0.05) is 4.90 Å². The second-order valence-corrected chi connectivity index (χ2v) is 4.23. The SMILES string of the molecule is Cc1ccc(S)c(OCc2ccccc2)c1. The molecule has 2 rings (SSSR count). The van der Waals surface area contributed by atoms with Gasteiger partial charge in [-0.1, -0.05) is 36.4 Å². The van der Waals surface area contributed by atoms with Crippen molar-refractivity contribution in [2.45, 2.75) is 18.4 Å². The number of hydrogen-bond donors (Lipinski definition) is 1. The highest BCUT2D eigenvalue weighted by Crippen LogP contribution is 2.24. The van der Waals surface area contributed by atoms with Gasteiger partial charge in [0.05, 0.1) is 0 Å². The van der Waals surface area contributed by atoms with Crippen molar-refractivity contribution >= 4 is 12.6 Å². The van der Waals surface area contributed by atoms with E-state index in [0.29, 0.717) is 6.61 Å². The molecule has 0 atom stereocenters. The van der Waals surface area contributed by atoms with Crippen LogP contribution in [0.4, 0.5) is 0 Å². The van der Waals surface area contributed by atoms with E-state index in [4.69, 9.17) is 4.74 Å². The Bertz CT molecular complexity index is 465. The van der Waals surface area contributed by atoms with Crippen molar-refractivity contribution in [3.8, 4) is 5.75 Å². The van der Waals surface area contributed by atoms with E-state index in [1.54, 1.807) is 0 Å². The molecule has 0 fully saturated rings. The fraction of sp³-hybridized carbons (Fsp3) is 0.143. The summed E-state index contributed by atoms with van der Waals surface area (Å²) in [6.45, 7) is 2.63. The molecule has 2 aromatic carbocycles. The molecular weight excluding hydrogens is 216 g/mol. The zero-order chi connectivity index (χ0) is 11.4. The number of aryl methyl sites for hydroxylation is 1. The average molecular weight is 230 g/mol. The van der Waals surface area contributed by atoms with Gasteiger partial charge in [-0.15, -0.1) is 12.6 Å². The molecule has 16 heavy (non-hydrogen) atoms. The first-order chi connectivity index (χ1) is 7.75. The van der Waals surface area contributed by atoms with Crippen molar-refractivity contribution in [3.05, 3.63) is 59.7 Å². The summed E-state index contributed by atoms with van der Waals surface area (Å²) in [5.74, 6) is 0.840. The van der Waals surface area contributed by atoms with E-state index < -0.39 is 0 Å². The number of hydrogen-bond acceptors (Lipinski definition) is 2. The summed E-state index contributed by atoms with van der Waals surface area (Å²) in [6.07, 6.45) is 0. The molecule has 2 aromatic rings. The van der Waals surface area contributed by atoms with Crippen LogP contribution in [0.5, 0.6) is 5.75 Å². The normalized spacial score (nSPS) is 10.1. The minimum atomic E-state index is 0.581. The van der Waals surface area contributed by atoms with Crippen molar-refractivity contribution in [2.75, 3.05) is 0 Å². The lowest BCUT2D eigenvalue weighted by Crippen LogP contribution is -1.96. The fourth-order valence-corrected chi connectivity index (χ4v) is 1.68. The maximum Gasteiger partial charge on any atom is 0.133 e. The molecule has 82 valence electrons. The summed E-state index contributed by atoms with van der Waals surface area (Å²) < 4.78 is 5.73. The third-order valence-electron chi connectivity index (χ3n) is 2.35. The molecule has 0 radical (unpaired) electrons. The molecule has 0 heterocycles. The lowest BCUT2D eigenvalue weighted by Gasteiger charge is -2.09. The third-order valence-corrected chi connectivity index (χ3v) is 2.72. The molecule has 0 saturated carbocycles. The van der Waals surface area contributed by atoms with Gasteiger partial charge in [-0.2, -0.15) is 0 Å². The quantitative estimate of drug-likeness (QED) is 0.788. The van der Waals surface area contributed by atoms with E-state index >= 15 is 0 Å². The summed E-state index contributed by atoms with van der Waals surface area (Å²) in [4.78, 5) is 0.876. The summed E-state index contributed by atoms with van der Waals surface area (Å²) in [5, 5.41) is 0. The highest BCUT2D eigenvalue weighted by atomic mass is 32.1. The summed E-state index contributed by atoms with van der Waals surface area (Å²) in [7, 11) is 0. The van der Waals surface area contributed by atoms with Crippen LogP contribution in [0.2, 0.25) is 0 Å². The van der Waals surface area contributed by atoms with Gasteiger partial charge in [-0.05, 0) is 30.2 Å². The van der Waals surface area contributed by atoms with Gasteiger partial charge in [-0.3, -0.25) is 0 Å². The van der Waals surface area contributed by atoms with Crippen molar-refractivity contribution in [3.63, 3.8) is 0 Å². The first-order valence-electron chi connectivity index (χ1n) is 5.22. The van der Waals surface area contributed by atoms with Crippen molar-refractivity contribution in [2.24, 2.45) is 0 Å². The van der Waals surface area contributed by atoms with Gasteiger partial charge < -0.3 is 4.74 Å². The van der Waals surface area contributed by atoms with Crippen LogP contribution in [-0.2, 0) is 6.61 Å². The van der Waals surface area contributed by atoms with Crippen LogP contribution in [-0.4, -0.2) is 0 Å². The van der Waals surface area contributed by atoms with Crippen LogP contribution in [0, 0.1) is 6.92 Å². The zero-order valence-electron chi connectivity index (χ0n) is 9.18. The monoisotopic (exact) mass is 230 g/mol. The zero-order valence-corrected chi connectivity index (χ0v) is 10.1. The molecule has 0 unspecified atom stereocenters. The number of ether oxygens (including phenoxy) is 1. The molecule has 0 saturated heterocycles.